The number of anilines is 1. The van der Waals surface area contributed by atoms with Crippen molar-refractivity contribution in [2.45, 2.75) is 36.8 Å². The van der Waals surface area contributed by atoms with E-state index < -0.39 is 28.1 Å². The smallest absolute Gasteiger partial charge is 0.265 e. The van der Waals surface area contributed by atoms with E-state index in [9.17, 15) is 13.2 Å². The quantitative estimate of drug-likeness (QED) is 0.383. The Hall–Kier alpha value is -4.12. The van der Waals surface area contributed by atoms with E-state index in [-0.39, 0.29) is 28.1 Å². The van der Waals surface area contributed by atoms with Crippen LogP contribution < -0.4 is 33.3 Å². The number of fused-ring (bicyclic) bond motifs is 1. The molecular formula is C29H34N2O8S. The predicted octanol–water partition coefficient (Wildman–Crippen LogP) is 4.33. The zero-order valence-electron chi connectivity index (χ0n) is 23.4. The molecule has 11 heteroatoms. The third-order valence-electron chi connectivity index (χ3n) is 6.60. The molecule has 4 rings (SSSR count). The summed E-state index contributed by atoms with van der Waals surface area (Å²) in [7, 11) is 1.45. The first-order valence-electron chi connectivity index (χ1n) is 12.6. The number of hydrogen-bond acceptors (Lipinski definition) is 8. The van der Waals surface area contributed by atoms with Gasteiger partial charge in [0.2, 0.25) is 5.91 Å². The van der Waals surface area contributed by atoms with Crippen LogP contribution in [0.15, 0.2) is 65.6 Å². The first-order valence-corrected chi connectivity index (χ1v) is 14.0. The average molecular weight is 571 g/mol. The largest absolute Gasteiger partial charge is 0.497 e. The summed E-state index contributed by atoms with van der Waals surface area (Å²) in [6.07, 6.45) is 0.501. The zero-order chi connectivity index (χ0) is 29.1. The van der Waals surface area contributed by atoms with Gasteiger partial charge >= 0.3 is 0 Å². The number of sulfonamides is 1. The molecule has 1 heterocycles. The molecule has 0 aromatic heterocycles. The number of ether oxygens (including phenoxy) is 5. The molecule has 0 spiro atoms. The molecule has 10 nitrogen and oxygen atoms in total. The molecule has 0 radical (unpaired) electrons. The summed E-state index contributed by atoms with van der Waals surface area (Å²) >= 11 is 0. The summed E-state index contributed by atoms with van der Waals surface area (Å²) in [5.41, 5.74) is 0.427. The van der Waals surface area contributed by atoms with E-state index in [4.69, 9.17) is 23.7 Å². The molecule has 0 saturated carbocycles. The Balaban J connectivity index is 1.75. The molecule has 214 valence electrons. The molecule has 3 aromatic carbocycles. The van der Waals surface area contributed by atoms with Crippen molar-refractivity contribution in [2.24, 2.45) is 0 Å². The van der Waals surface area contributed by atoms with Gasteiger partial charge < -0.3 is 29.0 Å². The number of carbonyl (C=O) groups is 1. The standard InChI is InChI=1S/C29H34N2O8S/c1-29(2)17-22(21-9-7-8-10-24(21)39-29)30-28(32)18-31(23-15-19(35-3)11-13-25(23)36-4)40(33,34)20-12-14-26(37-5)27(16-20)38-6/h7-16,22H,17-18H2,1-6H3,(H,30,32). The van der Waals surface area contributed by atoms with E-state index in [0.717, 1.165) is 9.87 Å². The minimum absolute atomic E-state index is 0.0969. The summed E-state index contributed by atoms with van der Waals surface area (Å²) < 4.78 is 56.8. The second-order valence-corrected chi connectivity index (χ2v) is 11.7. The van der Waals surface area contributed by atoms with Crippen LogP contribution in [0.3, 0.4) is 0 Å². The van der Waals surface area contributed by atoms with Gasteiger partial charge in [-0.15, -0.1) is 0 Å². The van der Waals surface area contributed by atoms with Crippen molar-refractivity contribution in [2.75, 3.05) is 39.3 Å². The lowest BCUT2D eigenvalue weighted by atomic mass is 9.89. The van der Waals surface area contributed by atoms with E-state index in [2.05, 4.69) is 5.32 Å². The van der Waals surface area contributed by atoms with Gasteiger partial charge in [0.1, 0.15) is 29.4 Å². The van der Waals surface area contributed by atoms with Crippen molar-refractivity contribution in [1.82, 2.24) is 5.32 Å². The van der Waals surface area contributed by atoms with Crippen molar-refractivity contribution in [1.29, 1.82) is 0 Å². The van der Waals surface area contributed by atoms with Crippen LogP contribution in [0, 0.1) is 0 Å². The van der Waals surface area contributed by atoms with Crippen LogP contribution in [0.2, 0.25) is 0 Å². The number of para-hydroxylation sites is 1. The van der Waals surface area contributed by atoms with Gasteiger partial charge in [-0.05, 0) is 44.2 Å². The Morgan fingerprint density at radius 1 is 0.925 bits per heavy atom. The SMILES string of the molecule is COc1ccc(OC)c(N(CC(=O)NC2CC(C)(C)Oc3ccccc32)S(=O)(=O)c2ccc(OC)c(OC)c2)c1. The molecular weight excluding hydrogens is 536 g/mol. The third-order valence-corrected chi connectivity index (χ3v) is 8.35. The molecule has 0 saturated heterocycles. The van der Waals surface area contributed by atoms with Crippen molar-refractivity contribution in [3.63, 3.8) is 0 Å². The molecule has 1 aliphatic rings. The first kappa shape index (κ1) is 28.9. The van der Waals surface area contributed by atoms with Crippen molar-refractivity contribution < 1.29 is 36.9 Å². The molecule has 1 amide bonds. The van der Waals surface area contributed by atoms with Crippen LogP contribution in [0.4, 0.5) is 5.69 Å². The number of carbonyl (C=O) groups excluding carboxylic acids is 1. The number of hydrogen-bond donors (Lipinski definition) is 1. The average Bonchev–Trinajstić information content (AvgIpc) is 2.94. The van der Waals surface area contributed by atoms with Gasteiger partial charge in [-0.3, -0.25) is 9.10 Å². The van der Waals surface area contributed by atoms with E-state index in [0.29, 0.717) is 23.7 Å². The minimum Gasteiger partial charge on any atom is -0.497 e. The highest BCUT2D eigenvalue weighted by Crippen LogP contribution is 2.40. The normalized spacial score (nSPS) is 15.7. The first-order chi connectivity index (χ1) is 19.0. The summed E-state index contributed by atoms with van der Waals surface area (Å²) in [5.74, 6) is 1.40. The lowest BCUT2D eigenvalue weighted by Gasteiger charge is -2.38. The fourth-order valence-corrected chi connectivity index (χ4v) is 6.14. The van der Waals surface area contributed by atoms with Crippen LogP contribution in [0.5, 0.6) is 28.7 Å². The van der Waals surface area contributed by atoms with Crippen LogP contribution >= 0.6 is 0 Å². The highest BCUT2D eigenvalue weighted by atomic mass is 32.2. The van der Waals surface area contributed by atoms with Crippen molar-refractivity contribution in [3.8, 4) is 28.7 Å². The minimum atomic E-state index is -4.31. The molecule has 0 aliphatic carbocycles. The number of nitrogens with zero attached hydrogens (tertiary/aromatic N) is 1. The fraction of sp³-hybridized carbons (Fsp3) is 0.345. The lowest BCUT2D eigenvalue weighted by Crippen LogP contribution is -2.45. The van der Waals surface area contributed by atoms with Gasteiger partial charge in [0.25, 0.3) is 10.0 Å². The van der Waals surface area contributed by atoms with Gasteiger partial charge in [0.05, 0.1) is 45.1 Å². The topological polar surface area (TPSA) is 113 Å². The molecule has 1 atom stereocenters. The second kappa shape index (κ2) is 11.5. The second-order valence-electron chi connectivity index (χ2n) is 9.79. The Bertz CT molecular complexity index is 1490. The number of rotatable bonds is 10. The molecule has 0 bridgehead atoms. The highest BCUT2D eigenvalue weighted by molar-refractivity contribution is 7.92. The van der Waals surface area contributed by atoms with Crippen molar-refractivity contribution in [3.05, 3.63) is 66.2 Å². The Morgan fingerprint density at radius 3 is 2.27 bits per heavy atom. The Labute approximate surface area is 234 Å². The Morgan fingerprint density at radius 2 is 1.60 bits per heavy atom. The molecule has 40 heavy (non-hydrogen) atoms. The van der Waals surface area contributed by atoms with Crippen LogP contribution in [-0.4, -0.2) is 54.9 Å². The maximum absolute atomic E-state index is 14.1. The van der Waals surface area contributed by atoms with E-state index in [1.165, 1.54) is 52.7 Å². The number of amides is 1. The Kier molecular flexibility index (Phi) is 8.34. The van der Waals surface area contributed by atoms with Crippen LogP contribution in [0.1, 0.15) is 31.9 Å². The summed E-state index contributed by atoms with van der Waals surface area (Å²) in [6.45, 7) is 3.36. The van der Waals surface area contributed by atoms with Crippen molar-refractivity contribution >= 4 is 21.6 Å². The summed E-state index contributed by atoms with van der Waals surface area (Å²) in [4.78, 5) is 13.5. The zero-order valence-corrected chi connectivity index (χ0v) is 24.2. The van der Waals surface area contributed by atoms with Gasteiger partial charge in [-0.1, -0.05) is 18.2 Å². The predicted molar refractivity (Wildman–Crippen MR) is 150 cm³/mol. The summed E-state index contributed by atoms with van der Waals surface area (Å²) in [6, 6.07) is 16.1. The molecule has 1 aliphatic heterocycles. The highest BCUT2D eigenvalue weighted by Gasteiger charge is 2.36. The van der Waals surface area contributed by atoms with E-state index in [1.54, 1.807) is 12.1 Å². The molecule has 3 aromatic rings. The molecule has 1 unspecified atom stereocenters. The number of benzene rings is 3. The number of nitrogens with one attached hydrogen (secondary N) is 1. The van der Waals surface area contributed by atoms with Gasteiger partial charge in [0, 0.05) is 24.1 Å². The maximum Gasteiger partial charge on any atom is 0.265 e. The molecule has 0 fully saturated rings. The van der Waals surface area contributed by atoms with E-state index >= 15 is 0 Å². The summed E-state index contributed by atoms with van der Waals surface area (Å²) in [5, 5.41) is 3.02. The lowest BCUT2D eigenvalue weighted by molar-refractivity contribution is -0.120. The monoisotopic (exact) mass is 570 g/mol. The fourth-order valence-electron chi connectivity index (χ4n) is 4.70. The molecule has 1 N–H and O–H groups in total. The van der Waals surface area contributed by atoms with Gasteiger partial charge in [-0.2, -0.15) is 0 Å². The van der Waals surface area contributed by atoms with Crippen LogP contribution in [-0.2, 0) is 14.8 Å². The van der Waals surface area contributed by atoms with Gasteiger partial charge in [-0.25, -0.2) is 8.42 Å². The van der Waals surface area contributed by atoms with Crippen LogP contribution in [0.25, 0.3) is 0 Å². The maximum atomic E-state index is 14.1. The van der Waals surface area contributed by atoms with Gasteiger partial charge in [0.15, 0.2) is 11.5 Å². The third kappa shape index (κ3) is 5.89. The van der Waals surface area contributed by atoms with E-state index in [1.807, 2.05) is 38.1 Å². The number of methoxy groups -OCH3 is 4.